The molecule has 0 radical (unpaired) electrons. The Kier molecular flexibility index (Phi) is 3.16. The van der Waals surface area contributed by atoms with Gasteiger partial charge in [0.15, 0.2) is 0 Å². The van der Waals surface area contributed by atoms with Gasteiger partial charge in [0.25, 0.3) is 0 Å². The topological polar surface area (TPSA) is 21.3 Å². The van der Waals surface area contributed by atoms with Crippen LogP contribution in [0.5, 0.6) is 0 Å². The van der Waals surface area contributed by atoms with Crippen LogP contribution >= 0.6 is 11.8 Å². The van der Waals surface area contributed by atoms with E-state index in [2.05, 4.69) is 35.8 Å². The second kappa shape index (κ2) is 4.63. The molecule has 0 saturated carbocycles. The fourth-order valence-corrected chi connectivity index (χ4v) is 3.42. The number of hydrogen-bond donors (Lipinski definition) is 1. The van der Waals surface area contributed by atoms with Gasteiger partial charge in [0.1, 0.15) is 0 Å². The summed E-state index contributed by atoms with van der Waals surface area (Å²) in [4.78, 5) is 1.34. The Labute approximate surface area is 107 Å². The summed E-state index contributed by atoms with van der Waals surface area (Å²) in [6, 6.07) is 9.07. The first-order valence-electron chi connectivity index (χ1n) is 6.28. The Balaban J connectivity index is 1.88. The van der Waals surface area contributed by atoms with Gasteiger partial charge >= 0.3 is 0 Å². The van der Waals surface area contributed by atoms with Crippen molar-refractivity contribution in [3.8, 4) is 0 Å². The third kappa shape index (κ3) is 1.90. The van der Waals surface area contributed by atoms with E-state index >= 15 is 0 Å². The van der Waals surface area contributed by atoms with Crippen molar-refractivity contribution in [1.29, 1.82) is 0 Å². The highest BCUT2D eigenvalue weighted by Crippen LogP contribution is 2.42. The van der Waals surface area contributed by atoms with E-state index < -0.39 is 0 Å². The zero-order valence-electron chi connectivity index (χ0n) is 10.2. The zero-order valence-corrected chi connectivity index (χ0v) is 11.1. The summed E-state index contributed by atoms with van der Waals surface area (Å²) in [5.74, 6) is 0.747. The van der Waals surface area contributed by atoms with Crippen LogP contribution in [0.4, 0.5) is 0 Å². The van der Waals surface area contributed by atoms with Crippen molar-refractivity contribution in [1.82, 2.24) is 5.32 Å². The SMILES string of the molecule is CSc1ccc(C2(C3CCNC3)COC2)cc1. The van der Waals surface area contributed by atoms with Crippen molar-refractivity contribution in [3.05, 3.63) is 29.8 Å². The normalized spacial score (nSPS) is 26.8. The van der Waals surface area contributed by atoms with Crippen molar-refractivity contribution in [2.45, 2.75) is 16.7 Å². The van der Waals surface area contributed by atoms with Crippen molar-refractivity contribution in [3.63, 3.8) is 0 Å². The number of hydrogen-bond acceptors (Lipinski definition) is 3. The highest BCUT2D eigenvalue weighted by atomic mass is 32.2. The van der Waals surface area contributed by atoms with Gasteiger partial charge < -0.3 is 10.1 Å². The van der Waals surface area contributed by atoms with E-state index in [0.29, 0.717) is 5.41 Å². The summed E-state index contributed by atoms with van der Waals surface area (Å²) in [6.07, 6.45) is 3.41. The third-order valence-electron chi connectivity index (χ3n) is 4.23. The van der Waals surface area contributed by atoms with Crippen LogP contribution in [0.2, 0.25) is 0 Å². The summed E-state index contributed by atoms with van der Waals surface area (Å²) < 4.78 is 5.53. The molecule has 0 spiro atoms. The molecular weight excluding hydrogens is 230 g/mol. The van der Waals surface area contributed by atoms with E-state index in [0.717, 1.165) is 32.2 Å². The van der Waals surface area contributed by atoms with Gasteiger partial charge in [-0.3, -0.25) is 0 Å². The molecule has 1 unspecified atom stereocenters. The first-order valence-corrected chi connectivity index (χ1v) is 7.51. The molecule has 2 aliphatic heterocycles. The molecular formula is C14H19NOS. The lowest BCUT2D eigenvalue weighted by Gasteiger charge is -2.46. The first-order chi connectivity index (χ1) is 8.35. The Morgan fingerprint density at radius 1 is 1.29 bits per heavy atom. The molecule has 2 heterocycles. The van der Waals surface area contributed by atoms with Crippen LogP contribution in [0.1, 0.15) is 12.0 Å². The predicted octanol–water partition coefficient (Wildman–Crippen LogP) is 2.29. The predicted molar refractivity (Wildman–Crippen MR) is 71.7 cm³/mol. The average molecular weight is 249 g/mol. The molecule has 2 nitrogen and oxygen atoms in total. The highest BCUT2D eigenvalue weighted by molar-refractivity contribution is 7.98. The monoisotopic (exact) mass is 249 g/mol. The summed E-state index contributed by atoms with van der Waals surface area (Å²) in [7, 11) is 0. The molecule has 1 aromatic rings. The molecule has 92 valence electrons. The molecule has 3 rings (SSSR count). The second-order valence-corrected chi connectivity index (χ2v) is 5.95. The Bertz CT molecular complexity index is 380. The van der Waals surface area contributed by atoms with Gasteiger partial charge in [-0.15, -0.1) is 11.8 Å². The number of rotatable bonds is 3. The van der Waals surface area contributed by atoms with Crippen LogP contribution in [0, 0.1) is 5.92 Å². The van der Waals surface area contributed by atoms with Gasteiger partial charge in [0.05, 0.1) is 13.2 Å². The minimum absolute atomic E-state index is 0.292. The molecule has 0 amide bonds. The van der Waals surface area contributed by atoms with Crippen molar-refractivity contribution < 1.29 is 4.74 Å². The zero-order chi connectivity index (χ0) is 11.7. The summed E-state index contributed by atoms with van der Waals surface area (Å²) in [6.45, 7) is 4.11. The fraction of sp³-hybridized carbons (Fsp3) is 0.571. The van der Waals surface area contributed by atoms with Gasteiger partial charge in [-0.1, -0.05) is 12.1 Å². The van der Waals surface area contributed by atoms with Crippen LogP contribution in [0.15, 0.2) is 29.2 Å². The lowest BCUT2D eigenvalue weighted by molar-refractivity contribution is -0.0869. The largest absolute Gasteiger partial charge is 0.379 e. The molecule has 1 N–H and O–H groups in total. The van der Waals surface area contributed by atoms with E-state index in [4.69, 9.17) is 4.74 Å². The van der Waals surface area contributed by atoms with Crippen molar-refractivity contribution in [2.24, 2.45) is 5.92 Å². The Morgan fingerprint density at radius 2 is 2.06 bits per heavy atom. The molecule has 2 saturated heterocycles. The van der Waals surface area contributed by atoms with Crippen molar-refractivity contribution in [2.75, 3.05) is 32.6 Å². The first kappa shape index (κ1) is 11.6. The van der Waals surface area contributed by atoms with Gasteiger partial charge in [0.2, 0.25) is 0 Å². The van der Waals surface area contributed by atoms with E-state index in [1.54, 1.807) is 11.8 Å². The summed E-state index contributed by atoms with van der Waals surface area (Å²) in [5, 5.41) is 3.48. The van der Waals surface area contributed by atoms with Crippen LogP contribution in [0.3, 0.4) is 0 Å². The minimum atomic E-state index is 0.292. The molecule has 3 heteroatoms. The van der Waals surface area contributed by atoms with Crippen molar-refractivity contribution >= 4 is 11.8 Å². The standard InChI is InChI=1S/C14H19NOS/c1-17-13-4-2-11(3-5-13)14(9-16-10-14)12-6-7-15-8-12/h2-5,12,15H,6-10H2,1H3. The molecule has 2 fully saturated rings. The molecule has 17 heavy (non-hydrogen) atoms. The quantitative estimate of drug-likeness (QED) is 0.831. The number of ether oxygens (including phenoxy) is 1. The van der Waals surface area contributed by atoms with E-state index in [1.165, 1.54) is 16.9 Å². The molecule has 0 aliphatic carbocycles. The molecule has 0 bridgehead atoms. The Hall–Kier alpha value is -0.510. The van der Waals surface area contributed by atoms with Crippen LogP contribution in [0.25, 0.3) is 0 Å². The van der Waals surface area contributed by atoms with Gasteiger partial charge in [0, 0.05) is 10.3 Å². The van der Waals surface area contributed by atoms with Gasteiger partial charge in [-0.25, -0.2) is 0 Å². The van der Waals surface area contributed by atoms with E-state index in [9.17, 15) is 0 Å². The second-order valence-electron chi connectivity index (χ2n) is 5.07. The average Bonchev–Trinajstić information content (AvgIpc) is 2.83. The molecule has 0 aromatic heterocycles. The van der Waals surface area contributed by atoms with Crippen LogP contribution < -0.4 is 5.32 Å². The number of thioether (sulfide) groups is 1. The highest BCUT2D eigenvalue weighted by Gasteiger charge is 2.47. The maximum absolute atomic E-state index is 5.53. The number of benzene rings is 1. The molecule has 1 atom stereocenters. The lowest BCUT2D eigenvalue weighted by Crippen LogP contribution is -2.53. The maximum Gasteiger partial charge on any atom is 0.0588 e. The fourth-order valence-electron chi connectivity index (χ4n) is 3.01. The minimum Gasteiger partial charge on any atom is -0.379 e. The Morgan fingerprint density at radius 3 is 2.53 bits per heavy atom. The maximum atomic E-state index is 5.53. The van der Waals surface area contributed by atoms with Gasteiger partial charge in [-0.2, -0.15) is 0 Å². The van der Waals surface area contributed by atoms with Crippen LogP contribution in [-0.4, -0.2) is 32.6 Å². The van der Waals surface area contributed by atoms with E-state index in [1.807, 2.05) is 0 Å². The smallest absolute Gasteiger partial charge is 0.0588 e. The number of nitrogens with one attached hydrogen (secondary N) is 1. The van der Waals surface area contributed by atoms with E-state index in [-0.39, 0.29) is 0 Å². The van der Waals surface area contributed by atoms with Gasteiger partial charge in [-0.05, 0) is 49.4 Å². The molecule has 2 aliphatic rings. The lowest BCUT2D eigenvalue weighted by atomic mass is 9.68. The third-order valence-corrected chi connectivity index (χ3v) is 4.97. The molecule has 1 aromatic carbocycles. The van der Waals surface area contributed by atoms with Crippen LogP contribution in [-0.2, 0) is 10.2 Å². The summed E-state index contributed by atoms with van der Waals surface area (Å²) >= 11 is 1.80. The summed E-state index contributed by atoms with van der Waals surface area (Å²) in [5.41, 5.74) is 1.76.